The van der Waals surface area contributed by atoms with Crippen molar-refractivity contribution in [3.63, 3.8) is 0 Å². The second-order valence-corrected chi connectivity index (χ2v) is 3.43. The molecule has 0 saturated carbocycles. The van der Waals surface area contributed by atoms with E-state index in [0.29, 0.717) is 5.76 Å². The number of aliphatic hydroxyl groups is 1. The van der Waals surface area contributed by atoms with Crippen LogP contribution in [0, 0.1) is 0 Å². The highest BCUT2D eigenvalue weighted by molar-refractivity contribution is 5.62. The summed E-state index contributed by atoms with van der Waals surface area (Å²) in [6.07, 6.45) is 0.978. The van der Waals surface area contributed by atoms with Gasteiger partial charge in [0.15, 0.2) is 0 Å². The average Bonchev–Trinajstić information content (AvgIpc) is 2.77. The Hall–Kier alpha value is -1.54. The summed E-state index contributed by atoms with van der Waals surface area (Å²) in [6.45, 7) is 2.07. The van der Waals surface area contributed by atoms with Crippen LogP contribution in [-0.2, 0) is 13.0 Å². The van der Waals surface area contributed by atoms with E-state index in [-0.39, 0.29) is 6.61 Å². The molecule has 78 valence electrons. The van der Waals surface area contributed by atoms with Gasteiger partial charge >= 0.3 is 0 Å². The smallest absolute Gasteiger partial charge is 0.134 e. The van der Waals surface area contributed by atoms with Crippen molar-refractivity contribution in [1.82, 2.24) is 0 Å². The highest BCUT2D eigenvalue weighted by Crippen LogP contribution is 2.26. The SMILES string of the molecule is CCc1ccccc1-c1ccc(CO)o1. The molecule has 1 aromatic heterocycles. The molecule has 1 aromatic carbocycles. The summed E-state index contributed by atoms with van der Waals surface area (Å²) in [5.41, 5.74) is 2.37. The van der Waals surface area contributed by atoms with Gasteiger partial charge in [-0.15, -0.1) is 0 Å². The van der Waals surface area contributed by atoms with Crippen LogP contribution in [0.1, 0.15) is 18.2 Å². The van der Waals surface area contributed by atoms with Gasteiger partial charge in [-0.2, -0.15) is 0 Å². The highest BCUT2D eigenvalue weighted by Gasteiger charge is 2.07. The molecule has 15 heavy (non-hydrogen) atoms. The number of aliphatic hydroxyl groups excluding tert-OH is 1. The minimum atomic E-state index is -0.0473. The van der Waals surface area contributed by atoms with Gasteiger partial charge in [0, 0.05) is 5.56 Å². The number of aryl methyl sites for hydroxylation is 1. The summed E-state index contributed by atoms with van der Waals surface area (Å²) in [6, 6.07) is 11.9. The molecular formula is C13H14O2. The molecule has 0 bridgehead atoms. The van der Waals surface area contributed by atoms with Crippen LogP contribution in [0.25, 0.3) is 11.3 Å². The molecule has 2 nitrogen and oxygen atoms in total. The Morgan fingerprint density at radius 1 is 1.13 bits per heavy atom. The third-order valence-electron chi connectivity index (χ3n) is 2.48. The minimum absolute atomic E-state index is 0.0473. The fraction of sp³-hybridized carbons (Fsp3) is 0.231. The van der Waals surface area contributed by atoms with Crippen molar-refractivity contribution in [3.05, 3.63) is 47.7 Å². The third-order valence-corrected chi connectivity index (χ3v) is 2.48. The van der Waals surface area contributed by atoms with Crippen LogP contribution < -0.4 is 0 Å². The van der Waals surface area contributed by atoms with E-state index < -0.39 is 0 Å². The van der Waals surface area contributed by atoms with E-state index in [0.717, 1.165) is 17.7 Å². The normalized spacial score (nSPS) is 10.5. The molecule has 0 fully saturated rings. The lowest BCUT2D eigenvalue weighted by atomic mass is 10.0. The average molecular weight is 202 g/mol. The predicted molar refractivity (Wildman–Crippen MR) is 59.4 cm³/mol. The molecule has 0 radical (unpaired) electrons. The lowest BCUT2D eigenvalue weighted by Gasteiger charge is -2.03. The first-order chi connectivity index (χ1) is 7.35. The van der Waals surface area contributed by atoms with Crippen LogP contribution in [0.3, 0.4) is 0 Å². The molecule has 2 aromatic rings. The van der Waals surface area contributed by atoms with Crippen molar-refractivity contribution in [1.29, 1.82) is 0 Å². The van der Waals surface area contributed by atoms with E-state index in [9.17, 15) is 0 Å². The summed E-state index contributed by atoms with van der Waals surface area (Å²) < 4.78 is 5.51. The van der Waals surface area contributed by atoms with Crippen molar-refractivity contribution in [2.75, 3.05) is 0 Å². The van der Waals surface area contributed by atoms with Crippen LogP contribution in [0.5, 0.6) is 0 Å². The van der Waals surface area contributed by atoms with Crippen LogP contribution >= 0.6 is 0 Å². The standard InChI is InChI=1S/C13H14O2/c1-2-10-5-3-4-6-12(10)13-8-7-11(9-14)15-13/h3-8,14H,2,9H2,1H3. The van der Waals surface area contributed by atoms with Gasteiger partial charge in [0.2, 0.25) is 0 Å². The number of hydrogen-bond acceptors (Lipinski definition) is 2. The van der Waals surface area contributed by atoms with Crippen LogP contribution in [0.4, 0.5) is 0 Å². The molecule has 1 heterocycles. The summed E-state index contributed by atoms with van der Waals surface area (Å²) in [5.74, 6) is 1.44. The maximum atomic E-state index is 8.93. The molecule has 0 aliphatic heterocycles. The van der Waals surface area contributed by atoms with Gasteiger partial charge in [0.1, 0.15) is 18.1 Å². The number of hydrogen-bond donors (Lipinski definition) is 1. The van der Waals surface area contributed by atoms with Crippen molar-refractivity contribution < 1.29 is 9.52 Å². The Kier molecular flexibility index (Phi) is 2.88. The molecule has 0 unspecified atom stereocenters. The summed E-state index contributed by atoms with van der Waals surface area (Å²) in [4.78, 5) is 0. The number of benzene rings is 1. The fourth-order valence-electron chi connectivity index (χ4n) is 1.68. The van der Waals surface area contributed by atoms with E-state index in [1.807, 2.05) is 30.3 Å². The van der Waals surface area contributed by atoms with E-state index in [4.69, 9.17) is 9.52 Å². The van der Waals surface area contributed by atoms with Gasteiger partial charge in [-0.1, -0.05) is 31.2 Å². The van der Waals surface area contributed by atoms with Crippen molar-refractivity contribution in [2.24, 2.45) is 0 Å². The molecular weight excluding hydrogens is 188 g/mol. The van der Waals surface area contributed by atoms with E-state index in [2.05, 4.69) is 13.0 Å². The molecule has 0 spiro atoms. The summed E-state index contributed by atoms with van der Waals surface area (Å²) in [5, 5.41) is 8.93. The fourth-order valence-corrected chi connectivity index (χ4v) is 1.68. The van der Waals surface area contributed by atoms with Gasteiger partial charge in [0.05, 0.1) is 0 Å². The monoisotopic (exact) mass is 202 g/mol. The van der Waals surface area contributed by atoms with Gasteiger partial charge in [-0.25, -0.2) is 0 Å². The predicted octanol–water partition coefficient (Wildman–Crippen LogP) is 3.00. The van der Waals surface area contributed by atoms with Crippen LogP contribution in [-0.4, -0.2) is 5.11 Å². The first-order valence-corrected chi connectivity index (χ1v) is 5.13. The maximum absolute atomic E-state index is 8.93. The molecule has 0 aliphatic rings. The van der Waals surface area contributed by atoms with E-state index >= 15 is 0 Å². The molecule has 0 atom stereocenters. The van der Waals surface area contributed by atoms with Crippen LogP contribution in [0.15, 0.2) is 40.8 Å². The first-order valence-electron chi connectivity index (χ1n) is 5.13. The Labute approximate surface area is 89.2 Å². The summed E-state index contributed by atoms with van der Waals surface area (Å²) >= 11 is 0. The zero-order chi connectivity index (χ0) is 10.7. The highest BCUT2D eigenvalue weighted by atomic mass is 16.4. The van der Waals surface area contributed by atoms with E-state index in [1.54, 1.807) is 0 Å². The number of furan rings is 1. The minimum Gasteiger partial charge on any atom is -0.459 e. The van der Waals surface area contributed by atoms with Crippen molar-refractivity contribution in [2.45, 2.75) is 20.0 Å². The molecule has 2 heteroatoms. The Morgan fingerprint density at radius 2 is 1.93 bits per heavy atom. The lowest BCUT2D eigenvalue weighted by molar-refractivity contribution is 0.248. The van der Waals surface area contributed by atoms with E-state index in [1.165, 1.54) is 5.56 Å². The second-order valence-electron chi connectivity index (χ2n) is 3.43. The Morgan fingerprint density at radius 3 is 2.60 bits per heavy atom. The molecule has 2 rings (SSSR count). The molecule has 0 saturated heterocycles. The lowest BCUT2D eigenvalue weighted by Crippen LogP contribution is -1.85. The van der Waals surface area contributed by atoms with Gasteiger partial charge < -0.3 is 9.52 Å². The third kappa shape index (κ3) is 1.95. The summed E-state index contributed by atoms with van der Waals surface area (Å²) in [7, 11) is 0. The van der Waals surface area contributed by atoms with Crippen molar-refractivity contribution >= 4 is 0 Å². The van der Waals surface area contributed by atoms with Gasteiger partial charge in [-0.05, 0) is 24.1 Å². The Bertz CT molecular complexity index is 443. The molecule has 0 amide bonds. The zero-order valence-electron chi connectivity index (χ0n) is 8.73. The van der Waals surface area contributed by atoms with Gasteiger partial charge in [-0.3, -0.25) is 0 Å². The quantitative estimate of drug-likeness (QED) is 0.830. The van der Waals surface area contributed by atoms with Gasteiger partial charge in [0.25, 0.3) is 0 Å². The Balaban J connectivity index is 2.44. The second kappa shape index (κ2) is 4.32. The molecule has 1 N–H and O–H groups in total. The largest absolute Gasteiger partial charge is 0.459 e. The first kappa shape index (κ1) is 9.99. The molecule has 0 aliphatic carbocycles. The maximum Gasteiger partial charge on any atom is 0.134 e. The number of rotatable bonds is 3. The van der Waals surface area contributed by atoms with Crippen molar-refractivity contribution in [3.8, 4) is 11.3 Å². The zero-order valence-corrected chi connectivity index (χ0v) is 8.73. The van der Waals surface area contributed by atoms with Crippen LogP contribution in [0.2, 0.25) is 0 Å². The topological polar surface area (TPSA) is 33.4 Å².